The average Bonchev–Trinajstić information content (AvgIpc) is 3.28. The first-order valence-corrected chi connectivity index (χ1v) is 10.9. The summed E-state index contributed by atoms with van der Waals surface area (Å²) in [6, 6.07) is 15.0. The van der Waals surface area contributed by atoms with E-state index in [0.29, 0.717) is 24.8 Å². The normalized spacial score (nSPS) is 9.61. The third-order valence-corrected chi connectivity index (χ3v) is 4.26. The molecule has 11 heteroatoms. The SMILES string of the molecule is CC(=O)NCc1ccc(-c2noc(C)n2)cc1.CC(=O)OC(C)=O.N=C(CO)c1ccc(CN)cc1. The largest absolute Gasteiger partial charge is 0.394 e. The zero-order valence-corrected chi connectivity index (χ0v) is 20.7. The van der Waals surface area contributed by atoms with Crippen LogP contribution in [0.1, 0.15) is 43.4 Å². The number of esters is 2. The lowest BCUT2D eigenvalue weighted by Gasteiger charge is -2.02. The molecule has 1 heterocycles. The van der Waals surface area contributed by atoms with Crippen LogP contribution in [0, 0.1) is 12.3 Å². The summed E-state index contributed by atoms with van der Waals surface area (Å²) in [7, 11) is 0. The first-order valence-electron chi connectivity index (χ1n) is 10.9. The maximum Gasteiger partial charge on any atom is 0.310 e. The number of aliphatic hydroxyl groups is 1. The smallest absolute Gasteiger partial charge is 0.310 e. The van der Waals surface area contributed by atoms with E-state index in [1.165, 1.54) is 20.8 Å². The van der Waals surface area contributed by atoms with Gasteiger partial charge in [0.25, 0.3) is 0 Å². The molecule has 11 nitrogen and oxygen atoms in total. The van der Waals surface area contributed by atoms with Crippen LogP contribution in [0.2, 0.25) is 0 Å². The Hall–Kier alpha value is -4.22. The second-order valence-corrected chi connectivity index (χ2v) is 7.37. The van der Waals surface area contributed by atoms with Crippen LogP contribution >= 0.6 is 0 Å². The number of aliphatic hydroxyl groups excluding tert-OH is 1. The minimum absolute atomic E-state index is 0.0390. The highest BCUT2D eigenvalue weighted by atomic mass is 16.6. The van der Waals surface area contributed by atoms with Gasteiger partial charge in [0.1, 0.15) is 0 Å². The number of aromatic nitrogens is 2. The van der Waals surface area contributed by atoms with Gasteiger partial charge in [-0.05, 0) is 16.7 Å². The maximum absolute atomic E-state index is 10.8. The van der Waals surface area contributed by atoms with Gasteiger partial charge in [-0.1, -0.05) is 53.7 Å². The number of carbonyl (C=O) groups excluding carboxylic acids is 3. The van der Waals surface area contributed by atoms with E-state index in [4.69, 9.17) is 20.8 Å². The molecule has 0 saturated heterocycles. The number of nitrogens with zero attached hydrogens (tertiary/aromatic N) is 2. The molecule has 0 aliphatic carbocycles. The number of carbonyl (C=O) groups is 3. The molecule has 192 valence electrons. The standard InChI is InChI=1S/C12H13N3O2.C9H12N2O.C4H6O3/c1-8(16)13-7-10-3-5-11(6-4-10)12-14-9(2)17-15-12;10-5-7-1-3-8(4-2-7)9(11)6-12;1-3(5)7-4(2)6/h3-6H,7H2,1-2H3,(H,13,16);1-4,11-12H,5-6,10H2;1-2H3. The first-order chi connectivity index (χ1) is 17.0. The van der Waals surface area contributed by atoms with Gasteiger partial charge < -0.3 is 30.8 Å². The zero-order chi connectivity index (χ0) is 27.1. The monoisotopic (exact) mass is 497 g/mol. The Morgan fingerprint density at radius 3 is 1.94 bits per heavy atom. The van der Waals surface area contributed by atoms with Crippen LogP contribution in [0.25, 0.3) is 11.4 Å². The molecule has 0 spiro atoms. The molecule has 0 fully saturated rings. The number of ether oxygens (including phenoxy) is 1. The van der Waals surface area contributed by atoms with E-state index < -0.39 is 11.9 Å². The molecule has 0 aliphatic heterocycles. The average molecular weight is 498 g/mol. The minimum atomic E-state index is -0.562. The summed E-state index contributed by atoms with van der Waals surface area (Å²) in [4.78, 5) is 34.5. The third-order valence-electron chi connectivity index (χ3n) is 4.26. The van der Waals surface area contributed by atoms with Gasteiger partial charge in [0.05, 0.1) is 12.3 Å². The molecular formula is C25H31N5O6. The lowest BCUT2D eigenvalue weighted by atomic mass is 10.1. The Bertz CT molecular complexity index is 1130. The molecule has 0 aliphatic rings. The molecule has 1 amide bonds. The molecule has 0 bridgehead atoms. The summed E-state index contributed by atoms with van der Waals surface area (Å²) in [5, 5.41) is 22.6. The molecular weight excluding hydrogens is 466 g/mol. The number of aryl methyl sites for hydroxylation is 1. The number of hydrogen-bond acceptors (Lipinski definition) is 10. The van der Waals surface area contributed by atoms with E-state index in [9.17, 15) is 14.4 Å². The van der Waals surface area contributed by atoms with Crippen molar-refractivity contribution in [2.24, 2.45) is 5.73 Å². The third kappa shape index (κ3) is 11.8. The van der Waals surface area contributed by atoms with Crippen molar-refractivity contribution in [3.05, 3.63) is 71.1 Å². The predicted molar refractivity (Wildman–Crippen MR) is 133 cm³/mol. The molecule has 1 aromatic heterocycles. The molecule has 2 aromatic carbocycles. The van der Waals surface area contributed by atoms with Gasteiger partial charge in [0.2, 0.25) is 17.6 Å². The number of benzene rings is 2. The molecule has 5 N–H and O–H groups in total. The van der Waals surface area contributed by atoms with Crippen molar-refractivity contribution in [2.45, 2.75) is 40.8 Å². The number of nitrogens with one attached hydrogen (secondary N) is 2. The van der Waals surface area contributed by atoms with Crippen LogP contribution in [0.15, 0.2) is 53.1 Å². The Morgan fingerprint density at radius 2 is 1.56 bits per heavy atom. The van der Waals surface area contributed by atoms with Crippen molar-refractivity contribution >= 4 is 23.6 Å². The molecule has 3 aromatic rings. The molecule has 0 unspecified atom stereocenters. The van der Waals surface area contributed by atoms with Gasteiger partial charge in [-0.25, -0.2) is 0 Å². The lowest BCUT2D eigenvalue weighted by molar-refractivity contribution is -0.156. The molecule has 0 saturated carbocycles. The Labute approximate surface area is 209 Å². The van der Waals surface area contributed by atoms with Crippen molar-refractivity contribution < 1.29 is 28.8 Å². The Kier molecular flexibility index (Phi) is 12.9. The van der Waals surface area contributed by atoms with Crippen LogP contribution in [0.4, 0.5) is 0 Å². The summed E-state index contributed by atoms with van der Waals surface area (Å²) in [6.07, 6.45) is 0. The summed E-state index contributed by atoms with van der Waals surface area (Å²) in [5.41, 5.74) is 9.35. The second-order valence-electron chi connectivity index (χ2n) is 7.37. The van der Waals surface area contributed by atoms with Crippen molar-refractivity contribution in [1.29, 1.82) is 5.41 Å². The lowest BCUT2D eigenvalue weighted by Crippen LogP contribution is -2.18. The molecule has 0 radical (unpaired) electrons. The van der Waals surface area contributed by atoms with Gasteiger partial charge in [0, 0.05) is 46.3 Å². The van der Waals surface area contributed by atoms with E-state index in [0.717, 1.165) is 22.3 Å². The van der Waals surface area contributed by atoms with Crippen LogP contribution in [0.5, 0.6) is 0 Å². The fourth-order valence-corrected chi connectivity index (χ4v) is 2.55. The van der Waals surface area contributed by atoms with Crippen LogP contribution in [-0.4, -0.2) is 45.4 Å². The van der Waals surface area contributed by atoms with Gasteiger partial charge in [-0.15, -0.1) is 0 Å². The molecule has 0 atom stereocenters. The van der Waals surface area contributed by atoms with Crippen LogP contribution in [-0.2, 0) is 32.2 Å². The number of nitrogens with two attached hydrogens (primary N) is 1. The zero-order valence-electron chi connectivity index (χ0n) is 20.7. The van der Waals surface area contributed by atoms with Gasteiger partial charge in [-0.2, -0.15) is 4.98 Å². The number of rotatable bonds is 6. The summed E-state index contributed by atoms with van der Waals surface area (Å²) >= 11 is 0. The second kappa shape index (κ2) is 15.6. The summed E-state index contributed by atoms with van der Waals surface area (Å²) in [5.74, 6) is -0.0428. The summed E-state index contributed by atoms with van der Waals surface area (Å²) in [6.45, 7) is 6.43. The number of hydrogen-bond donors (Lipinski definition) is 4. The Balaban J connectivity index is 0.000000298. The highest BCUT2D eigenvalue weighted by Gasteiger charge is 2.05. The topological polar surface area (TPSA) is 181 Å². The van der Waals surface area contributed by atoms with Gasteiger partial charge >= 0.3 is 11.9 Å². The van der Waals surface area contributed by atoms with Crippen molar-refractivity contribution in [3.63, 3.8) is 0 Å². The van der Waals surface area contributed by atoms with Crippen LogP contribution in [0.3, 0.4) is 0 Å². The minimum Gasteiger partial charge on any atom is -0.394 e. The van der Waals surface area contributed by atoms with Crippen LogP contribution < -0.4 is 11.1 Å². The van der Waals surface area contributed by atoms with E-state index >= 15 is 0 Å². The molecule has 36 heavy (non-hydrogen) atoms. The first kappa shape index (κ1) is 29.8. The van der Waals surface area contributed by atoms with E-state index in [1.807, 2.05) is 36.4 Å². The maximum atomic E-state index is 10.8. The van der Waals surface area contributed by atoms with Crippen molar-refractivity contribution in [1.82, 2.24) is 15.5 Å². The van der Waals surface area contributed by atoms with Gasteiger partial charge in [-0.3, -0.25) is 14.4 Å². The fourth-order valence-electron chi connectivity index (χ4n) is 2.55. The highest BCUT2D eigenvalue weighted by Crippen LogP contribution is 2.16. The quantitative estimate of drug-likeness (QED) is 0.225. The fraction of sp³-hybridized carbons (Fsp3) is 0.280. The highest BCUT2D eigenvalue weighted by molar-refractivity contribution is 5.99. The van der Waals surface area contributed by atoms with E-state index in [2.05, 4.69) is 20.2 Å². The number of amides is 1. The van der Waals surface area contributed by atoms with Crippen molar-refractivity contribution in [2.75, 3.05) is 6.61 Å². The van der Waals surface area contributed by atoms with Crippen molar-refractivity contribution in [3.8, 4) is 11.4 Å². The van der Waals surface area contributed by atoms with E-state index in [-0.39, 0.29) is 18.2 Å². The summed E-state index contributed by atoms with van der Waals surface area (Å²) < 4.78 is 8.88. The Morgan fingerprint density at radius 1 is 1.00 bits per heavy atom. The van der Waals surface area contributed by atoms with E-state index in [1.54, 1.807) is 19.1 Å². The predicted octanol–water partition coefficient (Wildman–Crippen LogP) is 2.28. The van der Waals surface area contributed by atoms with Gasteiger partial charge in [0.15, 0.2) is 0 Å². The molecule has 3 rings (SSSR count).